The van der Waals surface area contributed by atoms with Crippen LogP contribution in [0.5, 0.6) is 11.8 Å². The number of nitrogens with zero attached hydrogens (tertiary/aromatic N) is 3. The third kappa shape index (κ3) is 4.98. The highest BCUT2D eigenvalue weighted by atomic mass is 35.5. The zero-order valence-corrected chi connectivity index (χ0v) is 18.0. The number of nitrogens with one attached hydrogen (secondary N) is 2. The first kappa shape index (κ1) is 21.2. The van der Waals surface area contributed by atoms with Gasteiger partial charge in [0.2, 0.25) is 0 Å². The molecule has 32 heavy (non-hydrogen) atoms. The topological polar surface area (TPSA) is 110 Å². The number of hydrogen-bond acceptors (Lipinski definition) is 6. The Labute approximate surface area is 188 Å². The number of carbonyl (C=O) groups is 1. The van der Waals surface area contributed by atoms with Crippen LogP contribution in [0.4, 0.5) is 5.69 Å². The second-order valence-electron chi connectivity index (χ2n) is 7.00. The van der Waals surface area contributed by atoms with Gasteiger partial charge >= 0.3 is 6.01 Å². The van der Waals surface area contributed by atoms with Crippen LogP contribution in [0.1, 0.15) is 21.7 Å². The summed E-state index contributed by atoms with van der Waals surface area (Å²) < 4.78 is 5.66. The maximum absolute atomic E-state index is 12.5. The Balaban J connectivity index is 1.45. The van der Waals surface area contributed by atoms with Gasteiger partial charge in [0.1, 0.15) is 17.1 Å². The third-order valence-electron chi connectivity index (χ3n) is 4.44. The van der Waals surface area contributed by atoms with Gasteiger partial charge in [-0.3, -0.25) is 9.59 Å². The third-order valence-corrected chi connectivity index (χ3v) is 4.70. The van der Waals surface area contributed by atoms with Gasteiger partial charge in [-0.15, -0.1) is 0 Å². The molecule has 8 nitrogen and oxygen atoms in total. The summed E-state index contributed by atoms with van der Waals surface area (Å²) in [5, 5.41) is 3.25. The van der Waals surface area contributed by atoms with Gasteiger partial charge in [0.25, 0.3) is 11.5 Å². The maximum atomic E-state index is 12.5. The number of aryl methyl sites for hydroxylation is 2. The van der Waals surface area contributed by atoms with Gasteiger partial charge in [-0.1, -0.05) is 11.6 Å². The van der Waals surface area contributed by atoms with Crippen LogP contribution in [0.2, 0.25) is 5.02 Å². The lowest BCUT2D eigenvalue weighted by Crippen LogP contribution is -2.24. The van der Waals surface area contributed by atoms with Gasteiger partial charge < -0.3 is 15.0 Å². The van der Waals surface area contributed by atoms with E-state index >= 15 is 0 Å². The molecule has 0 unspecified atom stereocenters. The van der Waals surface area contributed by atoms with E-state index in [1.807, 2.05) is 19.9 Å². The van der Waals surface area contributed by atoms with E-state index in [1.54, 1.807) is 48.5 Å². The van der Waals surface area contributed by atoms with Crippen molar-refractivity contribution in [3.63, 3.8) is 0 Å². The minimum absolute atomic E-state index is 0.105. The fourth-order valence-corrected chi connectivity index (χ4v) is 3.09. The summed E-state index contributed by atoms with van der Waals surface area (Å²) in [6, 6.07) is 15.6. The summed E-state index contributed by atoms with van der Waals surface area (Å²) in [4.78, 5) is 40.2. The smallest absolute Gasteiger partial charge is 0.322 e. The van der Waals surface area contributed by atoms with Crippen LogP contribution < -0.4 is 15.6 Å². The van der Waals surface area contributed by atoms with Crippen LogP contribution in [-0.2, 0) is 0 Å². The molecule has 160 valence electrons. The Morgan fingerprint density at radius 3 is 2.28 bits per heavy atom. The summed E-state index contributed by atoms with van der Waals surface area (Å²) in [5.74, 6) is 0.283. The molecular weight excluding hydrogens is 430 g/mol. The molecule has 2 N–H and O–H groups in total. The lowest BCUT2D eigenvalue weighted by atomic mass is 10.2. The number of amides is 1. The fraction of sp³-hybridized carbons (Fsp3) is 0.0870. The molecule has 0 fully saturated rings. The first-order valence-corrected chi connectivity index (χ1v) is 10.0. The number of ether oxygens (including phenoxy) is 1. The minimum atomic E-state index is -0.576. The molecule has 2 aromatic carbocycles. The molecule has 9 heteroatoms. The van der Waals surface area contributed by atoms with Crippen LogP contribution in [-0.4, -0.2) is 25.8 Å². The van der Waals surface area contributed by atoms with Crippen molar-refractivity contribution in [1.29, 1.82) is 0 Å². The lowest BCUT2D eigenvalue weighted by molar-refractivity contribution is 0.102. The Morgan fingerprint density at radius 1 is 1.00 bits per heavy atom. The molecule has 4 rings (SSSR count). The first-order chi connectivity index (χ1) is 15.4. The van der Waals surface area contributed by atoms with Crippen molar-refractivity contribution in [3.05, 3.63) is 93.1 Å². The van der Waals surface area contributed by atoms with Crippen molar-refractivity contribution >= 4 is 23.2 Å². The van der Waals surface area contributed by atoms with E-state index in [0.717, 1.165) is 11.4 Å². The molecule has 0 saturated heterocycles. The van der Waals surface area contributed by atoms with Crippen LogP contribution >= 0.6 is 11.6 Å². The molecule has 0 saturated carbocycles. The lowest BCUT2D eigenvalue weighted by Gasteiger charge is -2.08. The van der Waals surface area contributed by atoms with E-state index in [-0.39, 0.29) is 11.6 Å². The Morgan fingerprint density at radius 2 is 1.66 bits per heavy atom. The highest BCUT2D eigenvalue weighted by Crippen LogP contribution is 2.21. The quantitative estimate of drug-likeness (QED) is 0.464. The molecule has 0 bridgehead atoms. The molecule has 0 spiro atoms. The Hall–Kier alpha value is -4.04. The molecule has 2 aromatic heterocycles. The van der Waals surface area contributed by atoms with Crippen molar-refractivity contribution in [1.82, 2.24) is 19.9 Å². The molecule has 1 amide bonds. The number of aromatic amines is 1. The molecule has 0 aliphatic carbocycles. The SMILES string of the molecule is Cc1cc(C)nc(Oc2ccc(NC(=O)c3cnc(-c4ccc(Cl)cc4)[nH]c3=O)cc2)n1. The Kier molecular flexibility index (Phi) is 5.96. The monoisotopic (exact) mass is 447 g/mol. The number of halogens is 1. The van der Waals surface area contributed by atoms with E-state index in [9.17, 15) is 9.59 Å². The Bertz CT molecular complexity index is 1320. The second kappa shape index (κ2) is 8.99. The largest absolute Gasteiger partial charge is 0.424 e. The van der Waals surface area contributed by atoms with Gasteiger partial charge in [-0.2, -0.15) is 0 Å². The number of carbonyl (C=O) groups excluding carboxylic acids is 1. The van der Waals surface area contributed by atoms with E-state index in [4.69, 9.17) is 16.3 Å². The molecule has 0 aliphatic rings. The van der Waals surface area contributed by atoms with Crippen molar-refractivity contribution in [3.8, 4) is 23.1 Å². The van der Waals surface area contributed by atoms with Crippen molar-refractivity contribution < 1.29 is 9.53 Å². The van der Waals surface area contributed by atoms with Gasteiger partial charge in [0, 0.05) is 33.9 Å². The minimum Gasteiger partial charge on any atom is -0.424 e. The maximum Gasteiger partial charge on any atom is 0.322 e. The number of aromatic nitrogens is 4. The van der Waals surface area contributed by atoms with Gasteiger partial charge in [0.15, 0.2) is 0 Å². The molecule has 0 atom stereocenters. The molecule has 0 radical (unpaired) electrons. The van der Waals surface area contributed by atoms with E-state index in [2.05, 4.69) is 25.3 Å². The normalized spacial score (nSPS) is 10.6. The second-order valence-corrected chi connectivity index (χ2v) is 7.43. The standard InChI is InChI=1S/C23H18ClN5O3/c1-13-11-14(2)27-23(26-13)32-18-9-7-17(8-10-18)28-21(30)19-12-25-20(29-22(19)31)15-3-5-16(24)6-4-15/h3-12H,1-2H3,(H,28,30)(H,25,29,31). The summed E-state index contributed by atoms with van der Waals surface area (Å²) in [6.45, 7) is 3.72. The zero-order valence-electron chi connectivity index (χ0n) is 17.2. The summed E-state index contributed by atoms with van der Waals surface area (Å²) in [7, 11) is 0. The highest BCUT2D eigenvalue weighted by molar-refractivity contribution is 6.30. The average Bonchev–Trinajstić information content (AvgIpc) is 2.75. The first-order valence-electron chi connectivity index (χ1n) is 9.64. The highest BCUT2D eigenvalue weighted by Gasteiger charge is 2.13. The molecule has 0 aliphatic heterocycles. The van der Waals surface area contributed by atoms with Crippen LogP contribution in [0, 0.1) is 13.8 Å². The summed E-state index contributed by atoms with van der Waals surface area (Å²) in [5.41, 5.74) is 2.13. The predicted octanol–water partition coefficient (Wildman–Crippen LogP) is 4.54. The molecular formula is C23H18ClN5O3. The van der Waals surface area contributed by atoms with Crippen LogP contribution in [0.3, 0.4) is 0 Å². The van der Waals surface area contributed by atoms with Crippen molar-refractivity contribution in [2.45, 2.75) is 13.8 Å². The number of anilines is 1. The fourth-order valence-electron chi connectivity index (χ4n) is 2.96. The van der Waals surface area contributed by atoms with Crippen LogP contribution in [0.15, 0.2) is 65.6 Å². The van der Waals surface area contributed by atoms with E-state index in [0.29, 0.717) is 27.8 Å². The number of H-pyrrole nitrogens is 1. The molecule has 2 heterocycles. The zero-order chi connectivity index (χ0) is 22.7. The van der Waals surface area contributed by atoms with E-state index in [1.165, 1.54) is 6.20 Å². The van der Waals surface area contributed by atoms with Crippen molar-refractivity contribution in [2.75, 3.05) is 5.32 Å². The van der Waals surface area contributed by atoms with Gasteiger partial charge in [-0.05, 0) is 68.4 Å². The number of benzene rings is 2. The average molecular weight is 448 g/mol. The van der Waals surface area contributed by atoms with Gasteiger partial charge in [0.05, 0.1) is 0 Å². The van der Waals surface area contributed by atoms with Gasteiger partial charge in [-0.25, -0.2) is 15.0 Å². The number of hydrogen-bond donors (Lipinski definition) is 2. The van der Waals surface area contributed by atoms with Crippen molar-refractivity contribution in [2.24, 2.45) is 0 Å². The summed E-state index contributed by atoms with van der Waals surface area (Å²) in [6.07, 6.45) is 1.24. The summed E-state index contributed by atoms with van der Waals surface area (Å²) >= 11 is 5.88. The number of rotatable bonds is 5. The van der Waals surface area contributed by atoms with E-state index < -0.39 is 11.5 Å². The van der Waals surface area contributed by atoms with Crippen LogP contribution in [0.25, 0.3) is 11.4 Å². The predicted molar refractivity (Wildman–Crippen MR) is 121 cm³/mol. The molecule has 4 aromatic rings.